The molecule has 0 saturated carbocycles. The lowest BCUT2D eigenvalue weighted by atomic mass is 10.2. The lowest BCUT2D eigenvalue weighted by Gasteiger charge is -2.16. The van der Waals surface area contributed by atoms with Crippen LogP contribution in [0, 0.1) is 0 Å². The van der Waals surface area contributed by atoms with E-state index in [0.717, 1.165) is 5.56 Å². The minimum atomic E-state index is -0.619. The molecule has 0 radical (unpaired) electrons. The standard InChI is InChI=1S/C17H19NO5S/c1-18(9-12-6-7-24-11-12)16(19)10-23-17(20)14-5-4-13(21-2)8-15(14)22-3/h4-8,11H,9-10H2,1-3H3. The highest BCUT2D eigenvalue weighted by Gasteiger charge is 2.17. The second kappa shape index (κ2) is 8.35. The van der Waals surface area contributed by atoms with Gasteiger partial charge in [0.15, 0.2) is 6.61 Å². The van der Waals surface area contributed by atoms with E-state index in [9.17, 15) is 9.59 Å². The van der Waals surface area contributed by atoms with Gasteiger partial charge in [0.2, 0.25) is 0 Å². The van der Waals surface area contributed by atoms with Gasteiger partial charge in [-0.15, -0.1) is 0 Å². The van der Waals surface area contributed by atoms with Gasteiger partial charge in [0.1, 0.15) is 17.1 Å². The molecule has 0 bridgehead atoms. The minimum absolute atomic E-state index is 0.242. The first-order chi connectivity index (χ1) is 11.5. The summed E-state index contributed by atoms with van der Waals surface area (Å²) in [6.45, 7) is 0.153. The molecule has 0 aliphatic carbocycles. The van der Waals surface area contributed by atoms with E-state index in [1.54, 1.807) is 36.6 Å². The monoisotopic (exact) mass is 349 g/mol. The fourth-order valence-corrected chi connectivity index (χ4v) is 2.69. The van der Waals surface area contributed by atoms with Crippen molar-refractivity contribution in [2.45, 2.75) is 6.54 Å². The van der Waals surface area contributed by atoms with E-state index >= 15 is 0 Å². The average molecular weight is 349 g/mol. The number of benzene rings is 1. The van der Waals surface area contributed by atoms with Gasteiger partial charge in [0.25, 0.3) is 5.91 Å². The number of likely N-dealkylation sites (N-methyl/N-ethyl adjacent to an activating group) is 1. The Morgan fingerprint density at radius 3 is 2.58 bits per heavy atom. The van der Waals surface area contributed by atoms with Gasteiger partial charge in [0, 0.05) is 19.7 Å². The molecular formula is C17H19NO5S. The van der Waals surface area contributed by atoms with E-state index in [2.05, 4.69) is 0 Å². The molecule has 2 aromatic rings. The van der Waals surface area contributed by atoms with E-state index in [1.165, 1.54) is 19.1 Å². The average Bonchev–Trinajstić information content (AvgIpc) is 3.11. The van der Waals surface area contributed by atoms with E-state index in [1.807, 2.05) is 16.8 Å². The SMILES string of the molecule is COc1ccc(C(=O)OCC(=O)N(C)Cc2ccsc2)c(OC)c1. The number of methoxy groups -OCH3 is 2. The number of nitrogens with zero attached hydrogens (tertiary/aromatic N) is 1. The van der Waals surface area contributed by atoms with Gasteiger partial charge in [-0.1, -0.05) is 0 Å². The maximum Gasteiger partial charge on any atom is 0.342 e. The van der Waals surface area contributed by atoms with Crippen LogP contribution < -0.4 is 9.47 Å². The molecule has 0 N–H and O–H groups in total. The van der Waals surface area contributed by atoms with Gasteiger partial charge in [0.05, 0.1) is 14.2 Å². The number of amides is 1. The van der Waals surface area contributed by atoms with Crippen LogP contribution in [0.2, 0.25) is 0 Å². The maximum absolute atomic E-state index is 12.2. The summed E-state index contributed by atoms with van der Waals surface area (Å²) in [6, 6.07) is 6.70. The van der Waals surface area contributed by atoms with Crippen molar-refractivity contribution in [3.8, 4) is 11.5 Å². The van der Waals surface area contributed by atoms with Crippen LogP contribution in [0.1, 0.15) is 15.9 Å². The van der Waals surface area contributed by atoms with Gasteiger partial charge in [-0.25, -0.2) is 4.79 Å². The highest BCUT2D eigenvalue weighted by atomic mass is 32.1. The second-order valence-corrected chi connectivity index (χ2v) is 5.80. The number of hydrogen-bond acceptors (Lipinski definition) is 6. The van der Waals surface area contributed by atoms with Crippen LogP contribution >= 0.6 is 11.3 Å². The second-order valence-electron chi connectivity index (χ2n) is 5.02. The molecule has 1 amide bonds. The Bertz CT molecular complexity index is 699. The number of esters is 1. The maximum atomic E-state index is 12.2. The Morgan fingerprint density at radius 1 is 1.17 bits per heavy atom. The van der Waals surface area contributed by atoms with Crippen LogP contribution in [0.15, 0.2) is 35.0 Å². The Hall–Kier alpha value is -2.54. The largest absolute Gasteiger partial charge is 0.497 e. The third kappa shape index (κ3) is 4.48. The van der Waals surface area contributed by atoms with Gasteiger partial charge < -0.3 is 19.1 Å². The number of thiophene rings is 1. The number of rotatable bonds is 7. The van der Waals surface area contributed by atoms with Crippen LogP contribution in [0.4, 0.5) is 0 Å². The van der Waals surface area contributed by atoms with Crippen LogP contribution in [-0.2, 0) is 16.1 Å². The highest BCUT2D eigenvalue weighted by molar-refractivity contribution is 7.07. The fourth-order valence-electron chi connectivity index (χ4n) is 2.03. The Morgan fingerprint density at radius 2 is 1.96 bits per heavy atom. The van der Waals surface area contributed by atoms with Crippen LogP contribution in [0.5, 0.6) is 11.5 Å². The van der Waals surface area contributed by atoms with Crippen molar-refractivity contribution in [1.82, 2.24) is 4.90 Å². The number of carbonyl (C=O) groups is 2. The van der Waals surface area contributed by atoms with Crippen molar-refractivity contribution >= 4 is 23.2 Å². The van der Waals surface area contributed by atoms with Crippen LogP contribution in [-0.4, -0.2) is 44.7 Å². The Kier molecular flexibility index (Phi) is 6.20. The molecule has 2 rings (SSSR count). The van der Waals surface area contributed by atoms with Crippen molar-refractivity contribution < 1.29 is 23.8 Å². The van der Waals surface area contributed by atoms with Gasteiger partial charge in [-0.05, 0) is 34.5 Å². The summed E-state index contributed by atoms with van der Waals surface area (Å²) in [5, 5.41) is 3.92. The Balaban J connectivity index is 1.93. The zero-order chi connectivity index (χ0) is 17.5. The molecule has 0 fully saturated rings. The molecule has 0 spiro atoms. The van der Waals surface area contributed by atoms with Crippen molar-refractivity contribution in [1.29, 1.82) is 0 Å². The zero-order valence-electron chi connectivity index (χ0n) is 13.8. The molecule has 0 unspecified atom stereocenters. The molecule has 0 aliphatic heterocycles. The molecule has 6 nitrogen and oxygen atoms in total. The van der Waals surface area contributed by atoms with Gasteiger partial charge in [-0.2, -0.15) is 11.3 Å². The summed E-state index contributed by atoms with van der Waals surface area (Å²) in [6.07, 6.45) is 0. The molecule has 1 aromatic heterocycles. The van der Waals surface area contributed by atoms with E-state index < -0.39 is 5.97 Å². The molecule has 1 aromatic carbocycles. The molecule has 0 aliphatic rings. The molecular weight excluding hydrogens is 330 g/mol. The summed E-state index contributed by atoms with van der Waals surface area (Å²) in [5.41, 5.74) is 1.28. The fraction of sp³-hybridized carbons (Fsp3) is 0.294. The first kappa shape index (κ1) is 17.8. The minimum Gasteiger partial charge on any atom is -0.497 e. The molecule has 7 heteroatoms. The number of carbonyl (C=O) groups excluding carboxylic acids is 2. The Labute approximate surface area is 144 Å². The molecule has 24 heavy (non-hydrogen) atoms. The van der Waals surface area contributed by atoms with E-state index in [-0.39, 0.29) is 18.1 Å². The lowest BCUT2D eigenvalue weighted by molar-refractivity contribution is -0.133. The highest BCUT2D eigenvalue weighted by Crippen LogP contribution is 2.25. The van der Waals surface area contributed by atoms with E-state index in [4.69, 9.17) is 14.2 Å². The van der Waals surface area contributed by atoms with Crippen LogP contribution in [0.25, 0.3) is 0 Å². The topological polar surface area (TPSA) is 65.1 Å². The molecule has 1 heterocycles. The van der Waals surface area contributed by atoms with Crippen molar-refractivity contribution in [3.63, 3.8) is 0 Å². The first-order valence-corrected chi connectivity index (χ1v) is 8.13. The van der Waals surface area contributed by atoms with Crippen molar-refractivity contribution in [2.24, 2.45) is 0 Å². The number of ether oxygens (including phenoxy) is 3. The number of hydrogen-bond donors (Lipinski definition) is 0. The normalized spacial score (nSPS) is 10.1. The molecule has 128 valence electrons. The third-order valence-corrected chi connectivity index (χ3v) is 4.11. The summed E-state index contributed by atoms with van der Waals surface area (Å²) in [7, 11) is 4.64. The summed E-state index contributed by atoms with van der Waals surface area (Å²) in [4.78, 5) is 25.7. The third-order valence-electron chi connectivity index (χ3n) is 3.38. The van der Waals surface area contributed by atoms with Crippen LogP contribution in [0.3, 0.4) is 0 Å². The lowest BCUT2D eigenvalue weighted by Crippen LogP contribution is -2.30. The molecule has 0 saturated heterocycles. The quantitative estimate of drug-likeness (QED) is 0.719. The van der Waals surface area contributed by atoms with Crippen molar-refractivity contribution in [2.75, 3.05) is 27.9 Å². The summed E-state index contributed by atoms with van der Waals surface area (Å²) >= 11 is 1.57. The first-order valence-electron chi connectivity index (χ1n) is 7.19. The van der Waals surface area contributed by atoms with Crippen molar-refractivity contribution in [3.05, 3.63) is 46.2 Å². The van der Waals surface area contributed by atoms with E-state index in [0.29, 0.717) is 18.0 Å². The zero-order valence-corrected chi connectivity index (χ0v) is 14.6. The molecule has 0 atom stereocenters. The van der Waals surface area contributed by atoms with Gasteiger partial charge in [-0.3, -0.25) is 4.79 Å². The summed E-state index contributed by atoms with van der Waals surface area (Å²) < 4.78 is 15.3. The predicted octanol–water partition coefficient (Wildman–Crippen LogP) is 2.58. The summed E-state index contributed by atoms with van der Waals surface area (Å²) in [5.74, 6) is 0.00205. The predicted molar refractivity (Wildman–Crippen MR) is 90.6 cm³/mol. The smallest absolute Gasteiger partial charge is 0.342 e. The van der Waals surface area contributed by atoms with Gasteiger partial charge >= 0.3 is 5.97 Å².